The minimum Gasteiger partial charge on any atom is -0.457 e. The Balaban J connectivity index is 1.05. The van der Waals surface area contributed by atoms with Crippen LogP contribution in [-0.2, 0) is 19.0 Å². The number of aliphatic hydroxyl groups excluding tert-OH is 3. The molecule has 0 spiro atoms. The Morgan fingerprint density at radius 1 is 0.714 bits per heavy atom. The summed E-state index contributed by atoms with van der Waals surface area (Å²) in [5.41, 5.74) is 2.00. The Morgan fingerprint density at radius 3 is 1.86 bits per heavy atom. The standard InChI is InChI=1S/C56H100O7/c1-10-11-12-13-14-15-16-17-18-19-20-21-22-23-24-25-26-30-48(58)63-51-45(39-57)61-52(50(60)49(51)59)62-47-35-36-54(7)43-34-38-55(8)42(41(4)29-27-28-40(2)3)33-37-56(55,9)44(43)31-32-46(54)53(47,5)6/h32,40-45,47,49-52,57,59-60H,10-31,33-39H2,1-9H3. The Hall–Kier alpha value is -0.990. The smallest absolute Gasteiger partial charge is 0.306 e. The summed E-state index contributed by atoms with van der Waals surface area (Å²) >= 11 is 0. The second kappa shape index (κ2) is 24.3. The molecule has 3 N–H and O–H groups in total. The molecule has 0 amide bonds. The van der Waals surface area contributed by atoms with Crippen LogP contribution in [0.25, 0.3) is 0 Å². The number of aliphatic hydroxyl groups is 3. The Morgan fingerprint density at radius 2 is 1.29 bits per heavy atom. The fraction of sp³-hybridized carbons (Fsp3) is 0.946. The van der Waals surface area contributed by atoms with E-state index in [1.165, 1.54) is 140 Å². The summed E-state index contributed by atoms with van der Waals surface area (Å²) in [7, 11) is 0. The summed E-state index contributed by atoms with van der Waals surface area (Å²) < 4.78 is 18.6. The quantitative estimate of drug-likeness (QED) is 0.0429. The predicted molar refractivity (Wildman–Crippen MR) is 258 cm³/mol. The zero-order chi connectivity index (χ0) is 45.8. The molecule has 7 nitrogen and oxygen atoms in total. The second-order valence-corrected chi connectivity index (χ2v) is 23.8. The van der Waals surface area contributed by atoms with E-state index < -0.39 is 43.3 Å². The van der Waals surface area contributed by atoms with Crippen molar-refractivity contribution in [1.29, 1.82) is 0 Å². The molecule has 1 aliphatic heterocycles. The van der Waals surface area contributed by atoms with Crippen molar-refractivity contribution in [3.05, 3.63) is 11.6 Å². The van der Waals surface area contributed by atoms with E-state index >= 15 is 0 Å². The topological polar surface area (TPSA) is 105 Å². The van der Waals surface area contributed by atoms with E-state index in [-0.39, 0.29) is 23.4 Å². The van der Waals surface area contributed by atoms with Crippen molar-refractivity contribution in [2.75, 3.05) is 6.61 Å². The lowest BCUT2D eigenvalue weighted by molar-refractivity contribution is -0.322. The van der Waals surface area contributed by atoms with Crippen LogP contribution in [0.2, 0.25) is 0 Å². The molecule has 13 unspecified atom stereocenters. The van der Waals surface area contributed by atoms with Gasteiger partial charge in [0.15, 0.2) is 12.4 Å². The van der Waals surface area contributed by atoms with Crippen LogP contribution < -0.4 is 0 Å². The van der Waals surface area contributed by atoms with Crippen LogP contribution in [0, 0.1) is 51.2 Å². The van der Waals surface area contributed by atoms with Gasteiger partial charge in [-0.15, -0.1) is 0 Å². The van der Waals surface area contributed by atoms with Crippen LogP contribution in [0.15, 0.2) is 11.6 Å². The number of esters is 1. The summed E-state index contributed by atoms with van der Waals surface area (Å²) in [6, 6.07) is 0. The SMILES string of the molecule is CCCCCCCCCCCCCCCCCCCC(=O)OC1C(CO)OC(OC2CCC3(C)C(=CCC4C3CCC3(C)C(C(C)CCCC(C)C)CCC43C)C2(C)C)C(O)C1O. The molecule has 366 valence electrons. The number of fused-ring (bicyclic) bond motifs is 5. The van der Waals surface area contributed by atoms with Gasteiger partial charge in [0, 0.05) is 11.8 Å². The average molecular weight is 885 g/mol. The van der Waals surface area contributed by atoms with Crippen molar-refractivity contribution in [2.24, 2.45) is 51.2 Å². The number of hydrogen-bond acceptors (Lipinski definition) is 7. The van der Waals surface area contributed by atoms with Gasteiger partial charge in [0.1, 0.15) is 18.3 Å². The van der Waals surface area contributed by atoms with E-state index in [0.29, 0.717) is 22.7 Å². The van der Waals surface area contributed by atoms with Gasteiger partial charge < -0.3 is 29.5 Å². The maximum Gasteiger partial charge on any atom is 0.306 e. The molecule has 3 saturated carbocycles. The van der Waals surface area contributed by atoms with Crippen molar-refractivity contribution in [2.45, 2.75) is 279 Å². The minimum absolute atomic E-state index is 0.0856. The van der Waals surface area contributed by atoms with Gasteiger partial charge in [0.2, 0.25) is 0 Å². The lowest BCUT2D eigenvalue weighted by Gasteiger charge is -2.65. The molecule has 7 heteroatoms. The molecular formula is C56H100O7. The monoisotopic (exact) mass is 885 g/mol. The maximum atomic E-state index is 12.9. The number of allylic oxidation sites excluding steroid dienone is 1. The maximum absolute atomic E-state index is 12.9. The van der Waals surface area contributed by atoms with Crippen molar-refractivity contribution in [3.8, 4) is 0 Å². The zero-order valence-electron chi connectivity index (χ0n) is 42.4. The van der Waals surface area contributed by atoms with E-state index in [4.69, 9.17) is 14.2 Å². The number of rotatable bonds is 27. The highest BCUT2D eigenvalue weighted by Crippen LogP contribution is 2.74. The van der Waals surface area contributed by atoms with Gasteiger partial charge in [0.25, 0.3) is 0 Å². The highest BCUT2D eigenvalue weighted by molar-refractivity contribution is 5.69. The van der Waals surface area contributed by atoms with E-state index in [9.17, 15) is 20.1 Å². The Kier molecular flexibility index (Phi) is 20.5. The zero-order valence-corrected chi connectivity index (χ0v) is 42.4. The molecule has 0 radical (unpaired) electrons. The van der Waals surface area contributed by atoms with Crippen LogP contribution >= 0.6 is 0 Å². The van der Waals surface area contributed by atoms with Gasteiger partial charge in [-0.25, -0.2) is 0 Å². The normalized spacial score (nSPS) is 36.7. The number of hydrogen-bond donors (Lipinski definition) is 3. The van der Waals surface area contributed by atoms with Crippen molar-refractivity contribution in [1.82, 2.24) is 0 Å². The largest absolute Gasteiger partial charge is 0.457 e. The summed E-state index contributed by atoms with van der Waals surface area (Å²) in [4.78, 5) is 12.9. The van der Waals surface area contributed by atoms with Crippen LogP contribution in [0.3, 0.4) is 0 Å². The van der Waals surface area contributed by atoms with Gasteiger partial charge in [-0.2, -0.15) is 0 Å². The first-order valence-electron chi connectivity index (χ1n) is 27.2. The third kappa shape index (κ3) is 12.6. The highest BCUT2D eigenvalue weighted by atomic mass is 16.7. The fourth-order valence-corrected chi connectivity index (χ4v) is 14.7. The fourth-order valence-electron chi connectivity index (χ4n) is 14.7. The first-order chi connectivity index (χ1) is 30.0. The molecule has 63 heavy (non-hydrogen) atoms. The lowest BCUT2D eigenvalue weighted by Crippen LogP contribution is -2.62. The molecule has 1 heterocycles. The van der Waals surface area contributed by atoms with Gasteiger partial charge in [-0.05, 0) is 97.2 Å². The van der Waals surface area contributed by atoms with Crippen LogP contribution in [-0.4, -0.2) is 64.7 Å². The summed E-state index contributed by atoms with van der Waals surface area (Å²) in [6.07, 6.45) is 30.6. The molecule has 0 aromatic heterocycles. The van der Waals surface area contributed by atoms with Crippen LogP contribution in [0.4, 0.5) is 0 Å². The number of ether oxygens (including phenoxy) is 3. The van der Waals surface area contributed by atoms with Crippen LogP contribution in [0.1, 0.15) is 242 Å². The number of carbonyl (C=O) groups is 1. The number of carbonyl (C=O) groups excluding carboxylic acids is 1. The summed E-state index contributed by atoms with van der Waals surface area (Å²) in [5.74, 6) is 3.28. The van der Waals surface area contributed by atoms with Crippen molar-refractivity contribution >= 4 is 5.97 Å². The molecule has 0 bridgehead atoms. The summed E-state index contributed by atoms with van der Waals surface area (Å²) in [6.45, 7) is 21.6. The van der Waals surface area contributed by atoms with Gasteiger partial charge >= 0.3 is 5.97 Å². The second-order valence-electron chi connectivity index (χ2n) is 23.8. The summed E-state index contributed by atoms with van der Waals surface area (Å²) in [5, 5.41) is 33.1. The molecule has 0 aromatic carbocycles. The van der Waals surface area contributed by atoms with E-state index in [1.807, 2.05) is 0 Å². The van der Waals surface area contributed by atoms with E-state index in [2.05, 4.69) is 68.4 Å². The van der Waals surface area contributed by atoms with E-state index in [0.717, 1.165) is 56.3 Å². The Bertz CT molecular complexity index is 1390. The average Bonchev–Trinajstić information content (AvgIpc) is 3.53. The highest BCUT2D eigenvalue weighted by Gasteiger charge is 2.66. The van der Waals surface area contributed by atoms with Crippen LogP contribution in [0.5, 0.6) is 0 Å². The third-order valence-electron chi connectivity index (χ3n) is 18.8. The minimum atomic E-state index is -1.42. The molecule has 4 fully saturated rings. The molecule has 5 rings (SSSR count). The van der Waals surface area contributed by atoms with Gasteiger partial charge in [-0.1, -0.05) is 196 Å². The molecule has 4 aliphatic carbocycles. The molecule has 13 atom stereocenters. The third-order valence-corrected chi connectivity index (χ3v) is 18.8. The Labute approximate surface area is 387 Å². The molecule has 0 aromatic rings. The lowest BCUT2D eigenvalue weighted by atomic mass is 9.40. The van der Waals surface area contributed by atoms with Gasteiger partial charge in [0.05, 0.1) is 12.7 Å². The van der Waals surface area contributed by atoms with Crippen molar-refractivity contribution in [3.63, 3.8) is 0 Å². The predicted octanol–water partition coefficient (Wildman–Crippen LogP) is 13.8. The van der Waals surface area contributed by atoms with E-state index in [1.54, 1.807) is 0 Å². The first kappa shape index (κ1) is 53.0. The first-order valence-corrected chi connectivity index (χ1v) is 27.2. The molecular weight excluding hydrogens is 785 g/mol. The number of unbranched alkanes of at least 4 members (excludes halogenated alkanes) is 16. The van der Waals surface area contributed by atoms with Crippen molar-refractivity contribution < 1.29 is 34.3 Å². The molecule has 1 saturated heterocycles. The molecule has 5 aliphatic rings. The van der Waals surface area contributed by atoms with Gasteiger partial charge in [-0.3, -0.25) is 4.79 Å².